The van der Waals surface area contributed by atoms with Crippen molar-refractivity contribution in [2.45, 2.75) is 19.6 Å². The Morgan fingerprint density at radius 3 is 2.85 bits per heavy atom. The summed E-state index contributed by atoms with van der Waals surface area (Å²) >= 11 is 0. The number of ether oxygens (including phenoxy) is 2. The van der Waals surface area contributed by atoms with Crippen LogP contribution < -0.4 is 9.47 Å². The standard InChI is InChI=1S/C23H19N9O2/c1-15(13-31-14-26-29-30-31)34-18-5-3-4-16(10-18)19-7-8-21-25-12-20(32(21)28-19)23-17(11-24)6-9-22(27-23)33-2/h3-10,12,14-15H,13H2,1-2H3/t15-/m0/s1. The number of fused-ring (bicyclic) bond motifs is 1. The predicted molar refractivity (Wildman–Crippen MR) is 121 cm³/mol. The maximum absolute atomic E-state index is 9.56. The highest BCUT2D eigenvalue weighted by Crippen LogP contribution is 2.27. The van der Waals surface area contributed by atoms with E-state index in [0.29, 0.717) is 46.5 Å². The van der Waals surface area contributed by atoms with E-state index in [1.54, 1.807) is 33.9 Å². The van der Waals surface area contributed by atoms with Gasteiger partial charge in [-0.15, -0.1) is 5.10 Å². The van der Waals surface area contributed by atoms with Gasteiger partial charge in [-0.25, -0.2) is 19.2 Å². The maximum atomic E-state index is 9.56. The zero-order valence-electron chi connectivity index (χ0n) is 18.4. The van der Waals surface area contributed by atoms with E-state index >= 15 is 0 Å². The number of hydrogen-bond donors (Lipinski definition) is 0. The van der Waals surface area contributed by atoms with E-state index in [2.05, 4.69) is 31.6 Å². The van der Waals surface area contributed by atoms with Crippen LogP contribution in [0, 0.1) is 11.3 Å². The number of hydrogen-bond acceptors (Lipinski definition) is 9. The molecule has 34 heavy (non-hydrogen) atoms. The second kappa shape index (κ2) is 8.95. The monoisotopic (exact) mass is 453 g/mol. The van der Waals surface area contributed by atoms with Crippen LogP contribution in [-0.2, 0) is 6.54 Å². The van der Waals surface area contributed by atoms with Gasteiger partial charge in [0.25, 0.3) is 0 Å². The van der Waals surface area contributed by atoms with Crippen LogP contribution >= 0.6 is 0 Å². The lowest BCUT2D eigenvalue weighted by Crippen LogP contribution is -2.20. The first-order valence-corrected chi connectivity index (χ1v) is 10.4. The average Bonchev–Trinajstić information content (AvgIpc) is 3.53. The molecule has 1 aromatic carbocycles. The van der Waals surface area contributed by atoms with Crippen LogP contribution in [-0.4, -0.2) is 53.0 Å². The largest absolute Gasteiger partial charge is 0.489 e. The molecule has 11 nitrogen and oxygen atoms in total. The number of pyridine rings is 1. The van der Waals surface area contributed by atoms with Crippen molar-refractivity contribution in [1.29, 1.82) is 5.26 Å². The van der Waals surface area contributed by atoms with E-state index in [0.717, 1.165) is 5.56 Å². The van der Waals surface area contributed by atoms with Gasteiger partial charge in [-0.05, 0) is 47.7 Å². The number of nitriles is 1. The van der Waals surface area contributed by atoms with Gasteiger partial charge >= 0.3 is 0 Å². The smallest absolute Gasteiger partial charge is 0.213 e. The van der Waals surface area contributed by atoms with Gasteiger partial charge in [0.05, 0.1) is 31.1 Å². The molecule has 0 spiro atoms. The molecule has 5 rings (SSSR count). The molecule has 0 N–H and O–H groups in total. The number of nitrogens with zero attached hydrogens (tertiary/aromatic N) is 9. The molecule has 0 amide bonds. The van der Waals surface area contributed by atoms with Gasteiger partial charge in [-0.3, -0.25) is 0 Å². The molecule has 0 unspecified atom stereocenters. The van der Waals surface area contributed by atoms with Crippen LogP contribution in [0.5, 0.6) is 11.6 Å². The molecule has 1 atom stereocenters. The van der Waals surface area contributed by atoms with Crippen LogP contribution in [0.4, 0.5) is 0 Å². The first-order chi connectivity index (χ1) is 16.6. The highest BCUT2D eigenvalue weighted by Gasteiger charge is 2.16. The highest BCUT2D eigenvalue weighted by atomic mass is 16.5. The lowest BCUT2D eigenvalue weighted by Gasteiger charge is -2.15. The number of methoxy groups -OCH3 is 1. The Labute approximate surface area is 194 Å². The third-order valence-corrected chi connectivity index (χ3v) is 5.11. The first kappa shape index (κ1) is 21.0. The molecule has 0 aliphatic carbocycles. The van der Waals surface area contributed by atoms with Gasteiger partial charge in [0.15, 0.2) is 5.65 Å². The number of benzene rings is 1. The van der Waals surface area contributed by atoms with Crippen molar-refractivity contribution in [2.24, 2.45) is 0 Å². The zero-order chi connectivity index (χ0) is 23.5. The second-order valence-electron chi connectivity index (χ2n) is 7.48. The summed E-state index contributed by atoms with van der Waals surface area (Å²) in [5, 5.41) is 25.5. The van der Waals surface area contributed by atoms with Gasteiger partial charge < -0.3 is 9.47 Å². The average molecular weight is 453 g/mol. The third-order valence-electron chi connectivity index (χ3n) is 5.11. The molecule has 5 aromatic rings. The zero-order valence-corrected chi connectivity index (χ0v) is 18.4. The van der Waals surface area contributed by atoms with E-state index in [1.165, 1.54) is 7.11 Å². The Morgan fingerprint density at radius 2 is 2.06 bits per heavy atom. The quantitative estimate of drug-likeness (QED) is 0.365. The summed E-state index contributed by atoms with van der Waals surface area (Å²) in [7, 11) is 1.53. The summed E-state index contributed by atoms with van der Waals surface area (Å²) in [6.07, 6.45) is 3.06. The SMILES string of the molecule is COc1ccc(C#N)c(-c2cnc3ccc(-c4cccc(O[C@@H](C)Cn5cnnn5)c4)nn23)n1. The molecule has 11 heteroatoms. The lowest BCUT2D eigenvalue weighted by molar-refractivity contribution is 0.193. The molecule has 4 aromatic heterocycles. The van der Waals surface area contributed by atoms with E-state index in [1.807, 2.05) is 43.3 Å². The van der Waals surface area contributed by atoms with Gasteiger partial charge in [-0.1, -0.05) is 12.1 Å². The summed E-state index contributed by atoms with van der Waals surface area (Å²) in [4.78, 5) is 8.87. The molecule has 0 saturated carbocycles. The molecule has 4 heterocycles. The molecule has 168 valence electrons. The van der Waals surface area contributed by atoms with Crippen LogP contribution in [0.15, 0.2) is 61.1 Å². The fraction of sp³-hybridized carbons (Fsp3) is 0.174. The minimum absolute atomic E-state index is 0.141. The second-order valence-corrected chi connectivity index (χ2v) is 7.48. The molecular weight excluding hydrogens is 434 g/mol. The van der Waals surface area contributed by atoms with Gasteiger partial charge in [0.2, 0.25) is 5.88 Å². The Hall–Kier alpha value is -4.85. The van der Waals surface area contributed by atoms with Crippen LogP contribution in [0.2, 0.25) is 0 Å². The van der Waals surface area contributed by atoms with Gasteiger partial charge in [-0.2, -0.15) is 10.4 Å². The number of aromatic nitrogens is 8. The van der Waals surface area contributed by atoms with Crippen LogP contribution in [0.3, 0.4) is 0 Å². The van der Waals surface area contributed by atoms with Crippen molar-refractivity contribution >= 4 is 5.65 Å². The van der Waals surface area contributed by atoms with E-state index in [-0.39, 0.29) is 6.10 Å². The fourth-order valence-electron chi connectivity index (χ4n) is 3.55. The predicted octanol–water partition coefficient (Wildman–Crippen LogP) is 2.79. The minimum atomic E-state index is -0.141. The first-order valence-electron chi connectivity index (χ1n) is 10.4. The van der Waals surface area contributed by atoms with E-state index in [9.17, 15) is 5.26 Å². The Bertz CT molecular complexity index is 1490. The summed E-state index contributed by atoms with van der Waals surface area (Å²) in [6, 6.07) is 16.9. The van der Waals surface area contributed by atoms with Crippen molar-refractivity contribution in [3.8, 4) is 40.3 Å². The molecule has 0 saturated heterocycles. The molecule has 0 aliphatic heterocycles. The number of rotatable bonds is 7. The molecule has 0 fully saturated rings. The molecule has 0 aliphatic rings. The van der Waals surface area contributed by atoms with Crippen molar-refractivity contribution < 1.29 is 9.47 Å². The lowest BCUT2D eigenvalue weighted by atomic mass is 10.1. The minimum Gasteiger partial charge on any atom is -0.489 e. The van der Waals surface area contributed by atoms with Crippen molar-refractivity contribution in [1.82, 2.24) is 39.8 Å². The Balaban J connectivity index is 1.48. The van der Waals surface area contributed by atoms with Crippen molar-refractivity contribution in [2.75, 3.05) is 7.11 Å². The van der Waals surface area contributed by atoms with Crippen LogP contribution in [0.25, 0.3) is 28.3 Å². The number of tetrazole rings is 1. The van der Waals surface area contributed by atoms with Crippen molar-refractivity contribution in [3.63, 3.8) is 0 Å². The summed E-state index contributed by atoms with van der Waals surface area (Å²) in [5.41, 5.74) is 3.67. The molecule has 0 radical (unpaired) electrons. The topological polar surface area (TPSA) is 129 Å². The summed E-state index contributed by atoms with van der Waals surface area (Å²) < 4.78 is 14.6. The summed E-state index contributed by atoms with van der Waals surface area (Å²) in [6.45, 7) is 2.47. The third kappa shape index (κ3) is 4.12. The Morgan fingerprint density at radius 1 is 1.15 bits per heavy atom. The van der Waals surface area contributed by atoms with Gasteiger partial charge in [0.1, 0.15) is 35.6 Å². The molecular formula is C23H19N9O2. The normalized spacial score (nSPS) is 11.8. The molecule has 0 bridgehead atoms. The summed E-state index contributed by atoms with van der Waals surface area (Å²) in [5.74, 6) is 1.10. The van der Waals surface area contributed by atoms with Crippen molar-refractivity contribution in [3.05, 3.63) is 66.6 Å². The Kier molecular flexibility index (Phi) is 5.53. The fourth-order valence-corrected chi connectivity index (χ4v) is 3.55. The number of imidazole rings is 1. The highest BCUT2D eigenvalue weighted by molar-refractivity contribution is 5.68. The van der Waals surface area contributed by atoms with E-state index in [4.69, 9.17) is 14.6 Å². The van der Waals surface area contributed by atoms with Gasteiger partial charge in [0, 0.05) is 11.6 Å². The van der Waals surface area contributed by atoms with Crippen LogP contribution in [0.1, 0.15) is 12.5 Å². The van der Waals surface area contributed by atoms with E-state index < -0.39 is 0 Å². The maximum Gasteiger partial charge on any atom is 0.213 e.